The molecule has 31 heavy (non-hydrogen) atoms. The number of anilines is 2. The Hall–Kier alpha value is -4.01. The highest BCUT2D eigenvalue weighted by Crippen LogP contribution is 2.26. The molecule has 2 aromatic carbocycles. The van der Waals surface area contributed by atoms with Gasteiger partial charge >= 0.3 is 5.69 Å². The predicted octanol–water partition coefficient (Wildman–Crippen LogP) is 1.85. The number of benzene rings is 2. The van der Waals surface area contributed by atoms with E-state index in [0.717, 1.165) is 5.56 Å². The van der Waals surface area contributed by atoms with E-state index in [0.29, 0.717) is 11.5 Å². The van der Waals surface area contributed by atoms with Crippen LogP contribution in [0.1, 0.15) is 22.8 Å². The van der Waals surface area contributed by atoms with Gasteiger partial charge in [-0.3, -0.25) is 19.1 Å². The van der Waals surface area contributed by atoms with E-state index < -0.39 is 17.2 Å². The van der Waals surface area contributed by atoms with Gasteiger partial charge in [-0.2, -0.15) is 0 Å². The zero-order chi connectivity index (χ0) is 22.5. The molecule has 9 nitrogen and oxygen atoms in total. The van der Waals surface area contributed by atoms with Gasteiger partial charge in [0.05, 0.1) is 20.8 Å². The van der Waals surface area contributed by atoms with Gasteiger partial charge in [-0.05, 0) is 24.6 Å². The van der Waals surface area contributed by atoms with Crippen LogP contribution in [0.4, 0.5) is 11.5 Å². The van der Waals surface area contributed by atoms with Crippen LogP contribution >= 0.6 is 0 Å². The maximum atomic E-state index is 13.3. The number of aromatic amines is 1. The van der Waals surface area contributed by atoms with Crippen molar-refractivity contribution in [3.63, 3.8) is 0 Å². The van der Waals surface area contributed by atoms with Crippen molar-refractivity contribution in [1.29, 1.82) is 0 Å². The molecule has 0 aliphatic rings. The summed E-state index contributed by atoms with van der Waals surface area (Å²) in [5.74, 6) is 0.272. The van der Waals surface area contributed by atoms with Crippen LogP contribution in [-0.2, 0) is 6.54 Å². The number of carbonyl (C=O) groups is 1. The molecule has 9 heteroatoms. The highest BCUT2D eigenvalue weighted by molar-refractivity contribution is 6.07. The number of ether oxygens (including phenoxy) is 2. The summed E-state index contributed by atoms with van der Waals surface area (Å²) in [5, 5.41) is 0. The quantitative estimate of drug-likeness (QED) is 0.597. The fraction of sp³-hybridized carbons (Fsp3) is 0.227. The second kappa shape index (κ2) is 9.21. The summed E-state index contributed by atoms with van der Waals surface area (Å²) in [6.45, 7) is 2.00. The monoisotopic (exact) mass is 424 g/mol. The number of nitrogens with one attached hydrogen (secondary N) is 1. The van der Waals surface area contributed by atoms with E-state index in [2.05, 4.69) is 4.98 Å². The van der Waals surface area contributed by atoms with Crippen LogP contribution in [0.15, 0.2) is 58.1 Å². The van der Waals surface area contributed by atoms with Crippen LogP contribution in [0.2, 0.25) is 0 Å². The number of amides is 1. The van der Waals surface area contributed by atoms with E-state index in [4.69, 9.17) is 15.2 Å². The van der Waals surface area contributed by atoms with E-state index in [1.165, 1.54) is 35.8 Å². The molecule has 0 radical (unpaired) electrons. The minimum absolute atomic E-state index is 0.0928. The number of rotatable bonds is 7. The Morgan fingerprint density at radius 2 is 1.68 bits per heavy atom. The van der Waals surface area contributed by atoms with Crippen molar-refractivity contribution >= 4 is 17.4 Å². The van der Waals surface area contributed by atoms with Gasteiger partial charge in [0.25, 0.3) is 11.5 Å². The maximum Gasteiger partial charge on any atom is 0.330 e. The molecule has 1 heterocycles. The minimum atomic E-state index is -0.739. The number of carbonyl (C=O) groups excluding carboxylic acids is 1. The molecule has 1 aromatic heterocycles. The van der Waals surface area contributed by atoms with Crippen LogP contribution < -0.4 is 31.4 Å². The molecule has 0 saturated carbocycles. The van der Waals surface area contributed by atoms with Gasteiger partial charge in [0.2, 0.25) is 0 Å². The van der Waals surface area contributed by atoms with Crippen molar-refractivity contribution in [1.82, 2.24) is 9.55 Å². The Labute approximate surface area is 178 Å². The molecule has 0 atom stereocenters. The minimum Gasteiger partial charge on any atom is -0.497 e. The van der Waals surface area contributed by atoms with Crippen LogP contribution in [-0.4, -0.2) is 36.2 Å². The number of hydrogen-bond donors (Lipinski definition) is 2. The summed E-state index contributed by atoms with van der Waals surface area (Å²) in [5.41, 5.74) is 5.82. The Morgan fingerprint density at radius 3 is 2.23 bits per heavy atom. The lowest BCUT2D eigenvalue weighted by Crippen LogP contribution is -2.41. The average Bonchev–Trinajstić information content (AvgIpc) is 2.79. The van der Waals surface area contributed by atoms with Crippen molar-refractivity contribution < 1.29 is 14.3 Å². The molecule has 0 fully saturated rings. The molecule has 3 rings (SSSR count). The van der Waals surface area contributed by atoms with Crippen molar-refractivity contribution in [3.05, 3.63) is 80.5 Å². The number of aromatic nitrogens is 2. The van der Waals surface area contributed by atoms with Crippen molar-refractivity contribution in [2.24, 2.45) is 0 Å². The molecular formula is C22H24N4O5. The SMILES string of the molecule is CCN(C(=O)c1cc(OC)cc(OC)c1)c1c(N)n(Cc2ccccc2)c(=O)[nH]c1=O. The molecule has 162 valence electrons. The molecule has 0 spiro atoms. The summed E-state index contributed by atoms with van der Waals surface area (Å²) in [6, 6.07) is 13.9. The first-order valence-electron chi connectivity index (χ1n) is 9.61. The van der Waals surface area contributed by atoms with E-state index in [-0.39, 0.29) is 30.2 Å². The zero-order valence-corrected chi connectivity index (χ0v) is 17.5. The number of nitrogen functional groups attached to an aromatic ring is 1. The van der Waals surface area contributed by atoms with E-state index in [1.54, 1.807) is 13.0 Å². The Bertz CT molecular complexity index is 1180. The number of hydrogen-bond acceptors (Lipinski definition) is 6. The first kappa shape index (κ1) is 21.7. The first-order chi connectivity index (χ1) is 14.9. The van der Waals surface area contributed by atoms with Crippen LogP contribution in [0.25, 0.3) is 0 Å². The van der Waals surface area contributed by atoms with Gasteiger partial charge in [-0.1, -0.05) is 30.3 Å². The van der Waals surface area contributed by atoms with Gasteiger partial charge in [0, 0.05) is 18.2 Å². The molecule has 1 amide bonds. The van der Waals surface area contributed by atoms with Gasteiger partial charge in [0.15, 0.2) is 5.69 Å². The molecule has 0 bridgehead atoms. The van der Waals surface area contributed by atoms with Crippen LogP contribution in [0.3, 0.4) is 0 Å². The lowest BCUT2D eigenvalue weighted by atomic mass is 10.1. The highest BCUT2D eigenvalue weighted by Gasteiger charge is 2.25. The molecule has 0 saturated heterocycles. The van der Waals surface area contributed by atoms with Crippen molar-refractivity contribution in [2.45, 2.75) is 13.5 Å². The fourth-order valence-corrected chi connectivity index (χ4v) is 3.25. The number of nitrogens with zero attached hydrogens (tertiary/aromatic N) is 2. The van der Waals surface area contributed by atoms with E-state index >= 15 is 0 Å². The van der Waals surface area contributed by atoms with Gasteiger partial charge in [0.1, 0.15) is 17.3 Å². The molecule has 3 aromatic rings. The standard InChI is InChI=1S/C22H24N4O5/c1-4-25(21(28)15-10-16(30-2)12-17(11-15)31-3)18-19(23)26(22(29)24-20(18)27)13-14-8-6-5-7-9-14/h5-12H,4,13,23H2,1-3H3,(H,24,27,29). The average molecular weight is 424 g/mol. The molecule has 3 N–H and O–H groups in total. The molecular weight excluding hydrogens is 400 g/mol. The molecule has 0 unspecified atom stereocenters. The van der Waals surface area contributed by atoms with E-state index in [1.807, 2.05) is 30.3 Å². The normalized spacial score (nSPS) is 10.5. The Kier molecular flexibility index (Phi) is 6.44. The third kappa shape index (κ3) is 4.45. The number of methoxy groups -OCH3 is 2. The largest absolute Gasteiger partial charge is 0.497 e. The number of H-pyrrole nitrogens is 1. The highest BCUT2D eigenvalue weighted by atomic mass is 16.5. The zero-order valence-electron chi connectivity index (χ0n) is 17.5. The summed E-state index contributed by atoms with van der Waals surface area (Å²) in [6.07, 6.45) is 0. The summed E-state index contributed by atoms with van der Waals surface area (Å²) >= 11 is 0. The van der Waals surface area contributed by atoms with Crippen molar-refractivity contribution in [3.8, 4) is 11.5 Å². The summed E-state index contributed by atoms with van der Waals surface area (Å²) in [7, 11) is 2.95. The Balaban J connectivity index is 2.09. The van der Waals surface area contributed by atoms with Gasteiger partial charge in [-0.25, -0.2) is 4.79 Å². The predicted molar refractivity (Wildman–Crippen MR) is 118 cm³/mol. The van der Waals surface area contributed by atoms with Gasteiger partial charge in [-0.15, -0.1) is 0 Å². The lowest BCUT2D eigenvalue weighted by Gasteiger charge is -2.23. The number of nitrogens with two attached hydrogens (primary N) is 1. The van der Waals surface area contributed by atoms with E-state index in [9.17, 15) is 14.4 Å². The topological polar surface area (TPSA) is 120 Å². The molecule has 0 aliphatic carbocycles. The third-order valence-corrected chi connectivity index (χ3v) is 4.83. The first-order valence-corrected chi connectivity index (χ1v) is 9.61. The molecule has 0 aliphatic heterocycles. The second-order valence-corrected chi connectivity index (χ2v) is 6.72. The smallest absolute Gasteiger partial charge is 0.330 e. The summed E-state index contributed by atoms with van der Waals surface area (Å²) in [4.78, 5) is 41.9. The maximum absolute atomic E-state index is 13.3. The third-order valence-electron chi connectivity index (χ3n) is 4.83. The van der Waals surface area contributed by atoms with Gasteiger partial charge < -0.3 is 20.1 Å². The Morgan fingerprint density at radius 1 is 1.06 bits per heavy atom. The summed E-state index contributed by atoms with van der Waals surface area (Å²) < 4.78 is 11.7. The van der Waals surface area contributed by atoms with Crippen LogP contribution in [0, 0.1) is 0 Å². The van der Waals surface area contributed by atoms with Crippen LogP contribution in [0.5, 0.6) is 11.5 Å². The fourth-order valence-electron chi connectivity index (χ4n) is 3.25. The van der Waals surface area contributed by atoms with Crippen molar-refractivity contribution in [2.75, 3.05) is 31.4 Å². The lowest BCUT2D eigenvalue weighted by molar-refractivity contribution is 0.0987. The second-order valence-electron chi connectivity index (χ2n) is 6.72.